The number of rotatable bonds is 7. The van der Waals surface area contributed by atoms with Gasteiger partial charge in [0.2, 0.25) is 0 Å². The second kappa shape index (κ2) is 9.87. The Labute approximate surface area is 140 Å². The largest absolute Gasteiger partial charge is 0.399 e. The summed E-state index contributed by atoms with van der Waals surface area (Å²) in [6, 6.07) is 16.3. The molecular formula is C16H21ClN2S2. The lowest BCUT2D eigenvalue weighted by molar-refractivity contribution is 1.16. The highest BCUT2D eigenvalue weighted by Crippen LogP contribution is 2.23. The smallest absolute Gasteiger partial charge is 0.0314 e. The Bertz CT molecular complexity index is 465. The first-order valence-electron chi connectivity index (χ1n) is 6.67. The summed E-state index contributed by atoms with van der Waals surface area (Å²) in [5.74, 6) is 2.27. The quantitative estimate of drug-likeness (QED) is 0.444. The zero-order valence-corrected chi connectivity index (χ0v) is 14.3. The van der Waals surface area contributed by atoms with Gasteiger partial charge in [0, 0.05) is 22.9 Å². The molecule has 0 aromatic heterocycles. The maximum absolute atomic E-state index is 5.67. The second-order valence-corrected chi connectivity index (χ2v) is 7.33. The molecule has 2 aromatic rings. The zero-order chi connectivity index (χ0) is 14.2. The normalized spacial score (nSPS) is 10.1. The molecule has 2 aromatic carbocycles. The van der Waals surface area contributed by atoms with Gasteiger partial charge in [-0.05, 0) is 48.2 Å². The molecule has 21 heavy (non-hydrogen) atoms. The SMILES string of the molecule is Cl.Nc1ccc(CCSSCCc2ccc(N)cc2)cc1. The van der Waals surface area contributed by atoms with Gasteiger partial charge in [0.15, 0.2) is 0 Å². The van der Waals surface area contributed by atoms with Crippen molar-refractivity contribution in [1.82, 2.24) is 0 Å². The maximum atomic E-state index is 5.67. The molecule has 0 saturated heterocycles. The number of hydrogen-bond donors (Lipinski definition) is 2. The number of nitrogen functional groups attached to an aromatic ring is 2. The van der Waals surface area contributed by atoms with Crippen molar-refractivity contribution in [3.05, 3.63) is 59.7 Å². The van der Waals surface area contributed by atoms with E-state index in [0.29, 0.717) is 0 Å². The summed E-state index contributed by atoms with van der Waals surface area (Å²) < 4.78 is 0. The van der Waals surface area contributed by atoms with Gasteiger partial charge < -0.3 is 11.5 Å². The lowest BCUT2D eigenvalue weighted by Gasteiger charge is -2.03. The van der Waals surface area contributed by atoms with Crippen LogP contribution in [0.15, 0.2) is 48.5 Å². The molecule has 2 nitrogen and oxygen atoms in total. The first-order chi connectivity index (χ1) is 9.74. The number of nitrogens with two attached hydrogens (primary N) is 2. The number of benzene rings is 2. The van der Waals surface area contributed by atoms with E-state index in [0.717, 1.165) is 35.7 Å². The molecule has 5 heteroatoms. The van der Waals surface area contributed by atoms with Gasteiger partial charge >= 0.3 is 0 Å². The van der Waals surface area contributed by atoms with Crippen LogP contribution in [0.4, 0.5) is 11.4 Å². The van der Waals surface area contributed by atoms with Gasteiger partial charge in [0.1, 0.15) is 0 Å². The van der Waals surface area contributed by atoms with Crippen molar-refractivity contribution in [2.45, 2.75) is 12.8 Å². The topological polar surface area (TPSA) is 52.0 Å². The van der Waals surface area contributed by atoms with E-state index >= 15 is 0 Å². The van der Waals surface area contributed by atoms with Crippen molar-refractivity contribution in [3.63, 3.8) is 0 Å². The van der Waals surface area contributed by atoms with E-state index < -0.39 is 0 Å². The summed E-state index contributed by atoms with van der Waals surface area (Å²) in [6.07, 6.45) is 2.19. The van der Waals surface area contributed by atoms with E-state index in [1.54, 1.807) is 0 Å². The van der Waals surface area contributed by atoms with Crippen molar-refractivity contribution in [2.24, 2.45) is 0 Å². The summed E-state index contributed by atoms with van der Waals surface area (Å²) in [4.78, 5) is 0. The molecule has 4 N–H and O–H groups in total. The van der Waals surface area contributed by atoms with E-state index in [1.165, 1.54) is 11.1 Å². The summed E-state index contributed by atoms with van der Waals surface area (Å²) >= 11 is 0. The number of hydrogen-bond acceptors (Lipinski definition) is 4. The molecule has 0 heterocycles. The monoisotopic (exact) mass is 340 g/mol. The van der Waals surface area contributed by atoms with Crippen LogP contribution < -0.4 is 11.5 Å². The predicted molar refractivity (Wildman–Crippen MR) is 101 cm³/mol. The molecular weight excluding hydrogens is 320 g/mol. The van der Waals surface area contributed by atoms with Crippen molar-refractivity contribution < 1.29 is 0 Å². The summed E-state index contributed by atoms with van der Waals surface area (Å²) in [7, 11) is 3.87. The van der Waals surface area contributed by atoms with Crippen molar-refractivity contribution in [2.75, 3.05) is 23.0 Å². The molecule has 0 fully saturated rings. The van der Waals surface area contributed by atoms with Gasteiger partial charge in [-0.15, -0.1) is 12.4 Å². The number of aryl methyl sites for hydroxylation is 2. The van der Waals surface area contributed by atoms with E-state index in [9.17, 15) is 0 Å². The summed E-state index contributed by atoms with van der Waals surface area (Å²) in [6.45, 7) is 0. The molecule has 114 valence electrons. The van der Waals surface area contributed by atoms with Crippen LogP contribution >= 0.6 is 34.0 Å². The molecule has 0 bridgehead atoms. The van der Waals surface area contributed by atoms with Crippen LogP contribution in [0.1, 0.15) is 11.1 Å². The van der Waals surface area contributed by atoms with Gasteiger partial charge in [0.05, 0.1) is 0 Å². The highest BCUT2D eigenvalue weighted by Gasteiger charge is 1.96. The third-order valence-corrected chi connectivity index (χ3v) is 5.40. The van der Waals surface area contributed by atoms with Gasteiger partial charge in [-0.25, -0.2) is 0 Å². The number of anilines is 2. The molecule has 0 aliphatic heterocycles. The Morgan fingerprint density at radius 1 is 0.619 bits per heavy atom. The summed E-state index contributed by atoms with van der Waals surface area (Å²) in [5.41, 5.74) is 15.7. The minimum Gasteiger partial charge on any atom is -0.399 e. The average Bonchev–Trinajstić information content (AvgIpc) is 2.46. The van der Waals surface area contributed by atoms with Crippen LogP contribution in [0.5, 0.6) is 0 Å². The van der Waals surface area contributed by atoms with E-state index in [-0.39, 0.29) is 12.4 Å². The third kappa shape index (κ3) is 7.02. The summed E-state index contributed by atoms with van der Waals surface area (Å²) in [5, 5.41) is 0. The Morgan fingerprint density at radius 3 is 1.29 bits per heavy atom. The fourth-order valence-electron chi connectivity index (χ4n) is 1.81. The van der Waals surface area contributed by atoms with E-state index in [1.807, 2.05) is 45.9 Å². The van der Waals surface area contributed by atoms with Gasteiger partial charge in [0.25, 0.3) is 0 Å². The fraction of sp³-hybridized carbons (Fsp3) is 0.250. The molecule has 0 unspecified atom stereocenters. The standard InChI is InChI=1S/C16H20N2S2.ClH/c17-15-5-1-13(2-6-15)9-11-19-20-12-10-14-3-7-16(18)8-4-14;/h1-8H,9-12,17-18H2;1H. The lowest BCUT2D eigenvalue weighted by atomic mass is 10.2. The molecule has 0 saturated carbocycles. The molecule has 0 radical (unpaired) electrons. The van der Waals surface area contributed by atoms with Crippen molar-refractivity contribution >= 4 is 45.4 Å². The van der Waals surface area contributed by atoms with Gasteiger partial charge in [-0.2, -0.15) is 0 Å². The fourth-order valence-corrected chi connectivity index (χ4v) is 3.89. The second-order valence-electron chi connectivity index (χ2n) is 4.63. The van der Waals surface area contributed by atoms with E-state index in [2.05, 4.69) is 24.3 Å². The average molecular weight is 341 g/mol. The third-order valence-electron chi connectivity index (χ3n) is 2.99. The van der Waals surface area contributed by atoms with Crippen LogP contribution in [0.3, 0.4) is 0 Å². The van der Waals surface area contributed by atoms with Crippen LogP contribution in [-0.4, -0.2) is 11.5 Å². The van der Waals surface area contributed by atoms with Crippen LogP contribution in [-0.2, 0) is 12.8 Å². The molecule has 0 amide bonds. The Balaban J connectivity index is 0.00000220. The van der Waals surface area contributed by atoms with Crippen molar-refractivity contribution in [3.8, 4) is 0 Å². The van der Waals surface area contributed by atoms with Crippen molar-refractivity contribution in [1.29, 1.82) is 0 Å². The molecule has 0 aliphatic rings. The molecule has 2 rings (SSSR count). The van der Waals surface area contributed by atoms with Gasteiger partial charge in [-0.1, -0.05) is 45.9 Å². The molecule has 0 atom stereocenters. The molecule has 0 aliphatic carbocycles. The number of halogens is 1. The Morgan fingerprint density at radius 2 is 0.952 bits per heavy atom. The Kier molecular flexibility index (Phi) is 8.50. The van der Waals surface area contributed by atoms with Crippen LogP contribution in [0.2, 0.25) is 0 Å². The predicted octanol–water partition coefficient (Wildman–Crippen LogP) is 4.44. The first-order valence-corrected chi connectivity index (χ1v) is 9.16. The highest BCUT2D eigenvalue weighted by atomic mass is 35.5. The zero-order valence-electron chi connectivity index (χ0n) is 11.8. The van der Waals surface area contributed by atoms with Crippen LogP contribution in [0, 0.1) is 0 Å². The lowest BCUT2D eigenvalue weighted by Crippen LogP contribution is -1.91. The minimum atomic E-state index is 0. The van der Waals surface area contributed by atoms with E-state index in [4.69, 9.17) is 11.5 Å². The first kappa shape index (κ1) is 18.1. The highest BCUT2D eigenvalue weighted by molar-refractivity contribution is 8.76. The Hall–Kier alpha value is -0.970. The minimum absolute atomic E-state index is 0. The maximum Gasteiger partial charge on any atom is 0.0314 e. The van der Waals surface area contributed by atoms with Crippen LogP contribution in [0.25, 0.3) is 0 Å². The van der Waals surface area contributed by atoms with Gasteiger partial charge in [-0.3, -0.25) is 0 Å². The molecule has 0 spiro atoms.